The molecule has 0 fully saturated rings. The number of hydrogen-bond acceptors (Lipinski definition) is 3. The molecule has 2 rings (SSSR count). The van der Waals surface area contributed by atoms with E-state index in [0.29, 0.717) is 0 Å². The molecule has 0 saturated heterocycles. The highest BCUT2D eigenvalue weighted by Crippen LogP contribution is 2.17. The Morgan fingerprint density at radius 3 is 2.74 bits per heavy atom. The minimum atomic E-state index is -1.43. The number of aromatic carboxylic acids is 1. The molecule has 0 saturated carbocycles. The molecule has 1 aromatic carbocycles. The Hall–Kier alpha value is -2.21. The van der Waals surface area contributed by atoms with Crippen molar-refractivity contribution in [2.75, 3.05) is 0 Å². The van der Waals surface area contributed by atoms with Gasteiger partial charge in [-0.2, -0.15) is 5.10 Å². The van der Waals surface area contributed by atoms with Gasteiger partial charge >= 0.3 is 5.97 Å². The van der Waals surface area contributed by atoms with Crippen LogP contribution < -0.4 is 5.43 Å². The van der Waals surface area contributed by atoms with Crippen LogP contribution in [0.5, 0.6) is 0 Å². The lowest BCUT2D eigenvalue weighted by molar-refractivity contribution is 0.0686. The van der Waals surface area contributed by atoms with Gasteiger partial charge in [-0.3, -0.25) is 4.79 Å². The normalized spacial score (nSPS) is 10.5. The fraction of sp³-hybridized carbons (Fsp3) is 0.0833. The molecule has 19 heavy (non-hydrogen) atoms. The summed E-state index contributed by atoms with van der Waals surface area (Å²) in [6, 6.07) is 3.89. The van der Waals surface area contributed by atoms with Crippen LogP contribution in [-0.4, -0.2) is 20.9 Å². The van der Waals surface area contributed by atoms with E-state index >= 15 is 0 Å². The fourth-order valence-corrected chi connectivity index (χ4v) is 1.63. The zero-order valence-corrected chi connectivity index (χ0v) is 10.5. The van der Waals surface area contributed by atoms with Gasteiger partial charge in [-0.25, -0.2) is 13.9 Å². The largest absolute Gasteiger partial charge is 0.476 e. The number of halogens is 2. The van der Waals surface area contributed by atoms with Gasteiger partial charge < -0.3 is 5.11 Å². The van der Waals surface area contributed by atoms with E-state index in [2.05, 4.69) is 5.10 Å². The molecule has 1 N–H and O–H groups in total. The first-order valence-corrected chi connectivity index (χ1v) is 5.57. The monoisotopic (exact) mass is 282 g/mol. The summed E-state index contributed by atoms with van der Waals surface area (Å²) < 4.78 is 14.5. The highest BCUT2D eigenvalue weighted by atomic mass is 35.5. The lowest BCUT2D eigenvalue weighted by atomic mass is 10.2. The smallest absolute Gasteiger partial charge is 0.360 e. The standard InChI is InChI=1S/C12H8ClFN2O3/c1-6-5-16(15-10(11(6)17)12(18)19)7-2-3-8(13)9(14)4-7/h2-5H,1H3,(H,18,19). The first-order chi connectivity index (χ1) is 8.90. The van der Waals surface area contributed by atoms with Gasteiger partial charge in [-0.1, -0.05) is 11.6 Å². The van der Waals surface area contributed by atoms with Crippen molar-refractivity contribution >= 4 is 17.6 Å². The second-order valence-electron chi connectivity index (χ2n) is 3.84. The summed E-state index contributed by atoms with van der Waals surface area (Å²) in [5, 5.41) is 12.5. The van der Waals surface area contributed by atoms with E-state index in [0.717, 1.165) is 10.7 Å². The van der Waals surface area contributed by atoms with Gasteiger partial charge in [-0.15, -0.1) is 0 Å². The number of carboxylic acid groups (broad SMARTS) is 1. The zero-order chi connectivity index (χ0) is 14.2. The molecule has 1 aromatic heterocycles. The van der Waals surface area contributed by atoms with E-state index in [1.165, 1.54) is 25.3 Å². The van der Waals surface area contributed by atoms with Gasteiger partial charge in [0, 0.05) is 17.8 Å². The molecule has 0 unspecified atom stereocenters. The summed E-state index contributed by atoms with van der Waals surface area (Å²) in [6.07, 6.45) is 1.33. The molecule has 0 aliphatic heterocycles. The number of carboxylic acids is 1. The van der Waals surface area contributed by atoms with Crippen LogP contribution in [0.15, 0.2) is 29.2 Å². The van der Waals surface area contributed by atoms with Crippen molar-refractivity contribution in [3.63, 3.8) is 0 Å². The Kier molecular flexibility index (Phi) is 3.35. The second kappa shape index (κ2) is 4.81. The highest BCUT2D eigenvalue weighted by molar-refractivity contribution is 6.30. The van der Waals surface area contributed by atoms with E-state index in [-0.39, 0.29) is 16.3 Å². The van der Waals surface area contributed by atoms with Crippen LogP contribution in [0.4, 0.5) is 4.39 Å². The second-order valence-corrected chi connectivity index (χ2v) is 4.25. The molecular formula is C12H8ClFN2O3. The summed E-state index contributed by atoms with van der Waals surface area (Å²) in [5.41, 5.74) is -0.816. The van der Waals surface area contributed by atoms with E-state index in [4.69, 9.17) is 16.7 Å². The van der Waals surface area contributed by atoms with Gasteiger partial charge in [0.05, 0.1) is 10.7 Å². The number of carbonyl (C=O) groups is 1. The molecule has 2 aromatic rings. The van der Waals surface area contributed by atoms with Crippen LogP contribution in [0.3, 0.4) is 0 Å². The van der Waals surface area contributed by atoms with Crippen molar-refractivity contribution in [2.24, 2.45) is 0 Å². The SMILES string of the molecule is Cc1cn(-c2ccc(Cl)c(F)c2)nc(C(=O)O)c1=O. The quantitative estimate of drug-likeness (QED) is 0.915. The fourth-order valence-electron chi connectivity index (χ4n) is 1.51. The minimum absolute atomic E-state index is 0.0556. The van der Waals surface area contributed by atoms with Crippen LogP contribution in [-0.2, 0) is 0 Å². The van der Waals surface area contributed by atoms with Crippen LogP contribution in [0, 0.1) is 12.7 Å². The Bertz CT molecular complexity index is 727. The molecule has 0 bridgehead atoms. The summed E-state index contributed by atoms with van der Waals surface area (Å²) >= 11 is 5.56. The predicted octanol–water partition coefficient (Wildman–Crippen LogP) is 2.03. The third kappa shape index (κ3) is 2.48. The maximum absolute atomic E-state index is 13.4. The van der Waals surface area contributed by atoms with Crippen molar-refractivity contribution < 1.29 is 14.3 Å². The Morgan fingerprint density at radius 2 is 2.16 bits per heavy atom. The summed E-state index contributed by atoms with van der Waals surface area (Å²) in [6.45, 7) is 1.46. The van der Waals surface area contributed by atoms with Gasteiger partial charge in [0.1, 0.15) is 5.82 Å². The third-order valence-corrected chi connectivity index (χ3v) is 2.77. The lowest BCUT2D eigenvalue weighted by Gasteiger charge is -2.08. The molecule has 1 heterocycles. The predicted molar refractivity (Wildman–Crippen MR) is 66.5 cm³/mol. The molecule has 0 atom stereocenters. The van der Waals surface area contributed by atoms with E-state index in [1.807, 2.05) is 0 Å². The highest BCUT2D eigenvalue weighted by Gasteiger charge is 2.14. The molecule has 0 radical (unpaired) electrons. The molecule has 0 amide bonds. The summed E-state index contributed by atoms with van der Waals surface area (Å²) in [5.74, 6) is -2.09. The molecule has 5 nitrogen and oxygen atoms in total. The van der Waals surface area contributed by atoms with Crippen molar-refractivity contribution in [1.29, 1.82) is 0 Å². The first-order valence-electron chi connectivity index (χ1n) is 5.19. The average Bonchev–Trinajstić information content (AvgIpc) is 2.35. The number of benzene rings is 1. The molecular weight excluding hydrogens is 275 g/mol. The molecule has 98 valence electrons. The maximum Gasteiger partial charge on any atom is 0.360 e. The van der Waals surface area contributed by atoms with E-state index in [1.54, 1.807) is 0 Å². The first kappa shape index (κ1) is 13.2. The van der Waals surface area contributed by atoms with Crippen LogP contribution in [0.1, 0.15) is 16.1 Å². The van der Waals surface area contributed by atoms with Crippen molar-refractivity contribution in [1.82, 2.24) is 9.78 Å². The summed E-state index contributed by atoms with van der Waals surface area (Å²) in [4.78, 5) is 22.5. The maximum atomic E-state index is 13.4. The molecule has 0 aliphatic rings. The van der Waals surface area contributed by atoms with Gasteiger partial charge in [0.15, 0.2) is 0 Å². The summed E-state index contributed by atoms with van der Waals surface area (Å²) in [7, 11) is 0. The number of nitrogens with zero attached hydrogens (tertiary/aromatic N) is 2. The van der Waals surface area contributed by atoms with E-state index < -0.39 is 22.9 Å². The Labute approximate surface area is 111 Å². The van der Waals surface area contributed by atoms with Gasteiger partial charge in [0.2, 0.25) is 11.1 Å². The minimum Gasteiger partial charge on any atom is -0.476 e. The van der Waals surface area contributed by atoms with Crippen LogP contribution in [0.25, 0.3) is 5.69 Å². The number of aryl methyl sites for hydroxylation is 1. The molecule has 0 aliphatic carbocycles. The third-order valence-electron chi connectivity index (χ3n) is 2.47. The molecule has 7 heteroatoms. The molecule has 0 spiro atoms. The van der Waals surface area contributed by atoms with Gasteiger partial charge in [0.25, 0.3) is 0 Å². The lowest BCUT2D eigenvalue weighted by Crippen LogP contribution is -2.23. The average molecular weight is 283 g/mol. The van der Waals surface area contributed by atoms with Gasteiger partial charge in [-0.05, 0) is 19.1 Å². The topological polar surface area (TPSA) is 72.2 Å². The number of hydrogen-bond donors (Lipinski definition) is 1. The number of rotatable bonds is 2. The number of aromatic nitrogens is 2. The van der Waals surface area contributed by atoms with Crippen LogP contribution >= 0.6 is 11.6 Å². The van der Waals surface area contributed by atoms with Crippen molar-refractivity contribution in [3.05, 3.63) is 56.7 Å². The van der Waals surface area contributed by atoms with Crippen LogP contribution in [0.2, 0.25) is 5.02 Å². The van der Waals surface area contributed by atoms with Crippen molar-refractivity contribution in [3.8, 4) is 5.69 Å². The Morgan fingerprint density at radius 1 is 1.47 bits per heavy atom. The Balaban J connectivity index is 2.66. The van der Waals surface area contributed by atoms with Crippen molar-refractivity contribution in [2.45, 2.75) is 6.92 Å². The zero-order valence-electron chi connectivity index (χ0n) is 9.72. The van der Waals surface area contributed by atoms with E-state index in [9.17, 15) is 14.0 Å².